The molecule has 0 aliphatic rings. The van der Waals surface area contributed by atoms with Crippen LogP contribution in [0.1, 0.15) is 33.3 Å². The molecule has 90 valence electrons. The average molecular weight is 242 g/mol. The van der Waals surface area contributed by atoms with Gasteiger partial charge in [-0.3, -0.25) is 0 Å². The van der Waals surface area contributed by atoms with Gasteiger partial charge in [0.15, 0.2) is 0 Å². The van der Waals surface area contributed by atoms with Gasteiger partial charge in [-0.25, -0.2) is 0 Å². The van der Waals surface area contributed by atoms with Crippen molar-refractivity contribution in [1.29, 1.82) is 0 Å². The fourth-order valence-corrected chi connectivity index (χ4v) is 1.38. The third-order valence-electron chi connectivity index (χ3n) is 3.21. The van der Waals surface area contributed by atoms with Crippen molar-refractivity contribution in [3.63, 3.8) is 0 Å². The van der Waals surface area contributed by atoms with E-state index in [0.29, 0.717) is 6.54 Å². The van der Waals surface area contributed by atoms with Crippen molar-refractivity contribution in [3.8, 4) is 0 Å². The summed E-state index contributed by atoms with van der Waals surface area (Å²) < 4.78 is 0. The highest BCUT2D eigenvalue weighted by molar-refractivity contribution is 6.31. The topological polar surface area (TPSA) is 32.3 Å². The Morgan fingerprint density at radius 2 is 1.75 bits per heavy atom. The van der Waals surface area contributed by atoms with Gasteiger partial charge in [-0.05, 0) is 39.3 Å². The predicted molar refractivity (Wildman–Crippen MR) is 68.7 cm³/mol. The Bertz CT molecular complexity index is 355. The smallest absolute Gasteiger partial charge is 0.0767 e. The van der Waals surface area contributed by atoms with Crippen molar-refractivity contribution in [3.05, 3.63) is 34.9 Å². The first kappa shape index (κ1) is 13.5. The Kier molecular flexibility index (Phi) is 4.00. The van der Waals surface area contributed by atoms with Crippen LogP contribution < -0.4 is 5.32 Å². The van der Waals surface area contributed by atoms with Gasteiger partial charge >= 0.3 is 0 Å². The van der Waals surface area contributed by atoms with Crippen molar-refractivity contribution < 1.29 is 5.11 Å². The predicted octanol–water partition coefficient (Wildman–Crippen LogP) is 2.98. The lowest BCUT2D eigenvalue weighted by molar-refractivity contribution is -0.00531. The van der Waals surface area contributed by atoms with Crippen LogP contribution in [-0.2, 0) is 6.54 Å². The van der Waals surface area contributed by atoms with Crippen LogP contribution in [0.2, 0.25) is 5.02 Å². The van der Waals surface area contributed by atoms with E-state index in [0.717, 1.165) is 10.6 Å². The lowest BCUT2D eigenvalue weighted by Gasteiger charge is -2.38. The second kappa shape index (κ2) is 4.74. The molecule has 0 bridgehead atoms. The molecule has 0 fully saturated rings. The molecule has 2 nitrogen and oxygen atoms in total. The molecule has 0 atom stereocenters. The van der Waals surface area contributed by atoms with E-state index >= 15 is 0 Å². The van der Waals surface area contributed by atoms with E-state index < -0.39 is 5.60 Å². The molecule has 0 spiro atoms. The fourth-order valence-electron chi connectivity index (χ4n) is 1.17. The van der Waals surface area contributed by atoms with Crippen LogP contribution in [0.4, 0.5) is 0 Å². The van der Waals surface area contributed by atoms with Crippen LogP contribution in [0, 0.1) is 0 Å². The summed E-state index contributed by atoms with van der Waals surface area (Å²) in [5, 5.41) is 14.1. The summed E-state index contributed by atoms with van der Waals surface area (Å²) in [6.45, 7) is 8.20. The van der Waals surface area contributed by atoms with Crippen molar-refractivity contribution in [1.82, 2.24) is 5.32 Å². The van der Waals surface area contributed by atoms with Gasteiger partial charge in [0.05, 0.1) is 5.60 Å². The van der Waals surface area contributed by atoms with Crippen molar-refractivity contribution in [2.45, 2.75) is 45.4 Å². The van der Waals surface area contributed by atoms with E-state index in [9.17, 15) is 5.11 Å². The van der Waals surface area contributed by atoms with Crippen LogP contribution in [0.3, 0.4) is 0 Å². The van der Waals surface area contributed by atoms with E-state index in [2.05, 4.69) is 5.32 Å². The number of benzene rings is 1. The lowest BCUT2D eigenvalue weighted by atomic mass is 9.86. The molecule has 16 heavy (non-hydrogen) atoms. The zero-order chi connectivity index (χ0) is 12.4. The number of halogens is 1. The van der Waals surface area contributed by atoms with Crippen LogP contribution in [0.15, 0.2) is 24.3 Å². The molecule has 0 amide bonds. The maximum atomic E-state index is 10.00. The molecule has 1 aromatic rings. The van der Waals surface area contributed by atoms with Crippen molar-refractivity contribution in [2.75, 3.05) is 0 Å². The summed E-state index contributed by atoms with van der Waals surface area (Å²) in [6.07, 6.45) is 0. The molecule has 0 unspecified atom stereocenters. The zero-order valence-corrected chi connectivity index (χ0v) is 11.1. The molecule has 0 radical (unpaired) electrons. The maximum absolute atomic E-state index is 10.00. The Hall–Kier alpha value is -0.570. The third-order valence-corrected chi connectivity index (χ3v) is 3.58. The highest BCUT2D eigenvalue weighted by Crippen LogP contribution is 2.22. The zero-order valence-electron chi connectivity index (χ0n) is 10.3. The van der Waals surface area contributed by atoms with Crippen molar-refractivity contribution >= 4 is 11.6 Å². The monoisotopic (exact) mass is 241 g/mol. The van der Waals surface area contributed by atoms with E-state index in [-0.39, 0.29) is 5.54 Å². The number of rotatable bonds is 4. The summed E-state index contributed by atoms with van der Waals surface area (Å²) in [6, 6.07) is 7.72. The normalized spacial score (nSPS) is 12.9. The Labute approximate surface area is 103 Å². The van der Waals surface area contributed by atoms with E-state index in [1.165, 1.54) is 0 Å². The van der Waals surface area contributed by atoms with Crippen LogP contribution in [0.25, 0.3) is 0 Å². The van der Waals surface area contributed by atoms with Crippen LogP contribution in [-0.4, -0.2) is 16.2 Å². The van der Waals surface area contributed by atoms with Gasteiger partial charge in [-0.15, -0.1) is 0 Å². The highest BCUT2D eigenvalue weighted by atomic mass is 35.5. The largest absolute Gasteiger partial charge is 0.389 e. The summed E-state index contributed by atoms with van der Waals surface area (Å²) in [5.74, 6) is 0. The number of hydrogen-bond donors (Lipinski definition) is 2. The standard InChI is InChI=1S/C13H20ClNO/c1-12(2,13(3,4)16)15-9-10-7-5-6-8-11(10)14/h5-8,15-16H,9H2,1-4H3. The molecule has 0 aromatic heterocycles. The second-order valence-electron chi connectivity index (χ2n) is 5.13. The Morgan fingerprint density at radius 3 is 2.25 bits per heavy atom. The summed E-state index contributed by atoms with van der Waals surface area (Å²) >= 11 is 6.06. The first-order valence-electron chi connectivity index (χ1n) is 5.45. The van der Waals surface area contributed by atoms with Gasteiger partial charge in [0, 0.05) is 17.1 Å². The summed E-state index contributed by atoms with van der Waals surface area (Å²) in [4.78, 5) is 0. The van der Waals surface area contributed by atoms with Gasteiger partial charge in [0.25, 0.3) is 0 Å². The number of nitrogens with one attached hydrogen (secondary N) is 1. The first-order chi connectivity index (χ1) is 7.24. The molecule has 0 aliphatic heterocycles. The van der Waals surface area contributed by atoms with Crippen LogP contribution >= 0.6 is 11.6 Å². The molecule has 0 heterocycles. The minimum Gasteiger partial charge on any atom is -0.389 e. The summed E-state index contributed by atoms with van der Waals surface area (Å²) in [5.41, 5.74) is -0.109. The molecule has 2 N–H and O–H groups in total. The first-order valence-corrected chi connectivity index (χ1v) is 5.83. The van der Waals surface area contributed by atoms with Gasteiger partial charge in [-0.1, -0.05) is 29.8 Å². The molecule has 0 saturated carbocycles. The maximum Gasteiger partial charge on any atom is 0.0767 e. The summed E-state index contributed by atoms with van der Waals surface area (Å²) in [7, 11) is 0. The van der Waals surface area contributed by atoms with E-state index in [1.807, 2.05) is 38.1 Å². The molecule has 1 rings (SSSR count). The molecule has 1 aromatic carbocycles. The van der Waals surface area contributed by atoms with Gasteiger partial charge in [0.2, 0.25) is 0 Å². The second-order valence-corrected chi connectivity index (χ2v) is 5.54. The molecular formula is C13H20ClNO. The fraction of sp³-hybridized carbons (Fsp3) is 0.538. The van der Waals surface area contributed by atoms with Crippen molar-refractivity contribution in [2.24, 2.45) is 0 Å². The average Bonchev–Trinajstić information content (AvgIpc) is 2.15. The molecule has 3 heteroatoms. The Morgan fingerprint density at radius 1 is 1.19 bits per heavy atom. The number of hydrogen-bond acceptors (Lipinski definition) is 2. The number of aliphatic hydroxyl groups is 1. The van der Waals surface area contributed by atoms with Crippen LogP contribution in [0.5, 0.6) is 0 Å². The molecular weight excluding hydrogens is 222 g/mol. The molecule has 0 aliphatic carbocycles. The lowest BCUT2D eigenvalue weighted by Crippen LogP contribution is -2.55. The minimum absolute atomic E-state index is 0.369. The molecule has 0 saturated heterocycles. The quantitative estimate of drug-likeness (QED) is 0.850. The highest BCUT2D eigenvalue weighted by Gasteiger charge is 2.34. The van der Waals surface area contributed by atoms with Gasteiger partial charge < -0.3 is 10.4 Å². The van der Waals surface area contributed by atoms with Gasteiger partial charge in [-0.2, -0.15) is 0 Å². The van der Waals surface area contributed by atoms with E-state index in [4.69, 9.17) is 11.6 Å². The van der Waals surface area contributed by atoms with Gasteiger partial charge in [0.1, 0.15) is 0 Å². The Balaban J connectivity index is 2.69. The minimum atomic E-state index is -0.783. The SMILES string of the molecule is CC(C)(O)C(C)(C)NCc1ccccc1Cl. The third kappa shape index (κ3) is 3.21. The van der Waals surface area contributed by atoms with E-state index in [1.54, 1.807) is 13.8 Å².